The molecule has 0 aromatic carbocycles. The molecular formula is C6H11N3S. The smallest absolute Gasteiger partial charge is 0.182 e. The number of hydrogen-bond donors (Lipinski definition) is 2. The predicted octanol–water partition coefficient (Wildman–Crippen LogP) is 1.26. The van der Waals surface area contributed by atoms with Crippen molar-refractivity contribution >= 4 is 21.5 Å². The number of thiazole rings is 1. The van der Waals surface area contributed by atoms with E-state index in [1.54, 1.807) is 0 Å². The second-order valence-electron chi connectivity index (χ2n) is 2.11. The number of aromatic nitrogens is 1. The van der Waals surface area contributed by atoms with Crippen LogP contribution >= 0.6 is 11.3 Å². The van der Waals surface area contributed by atoms with E-state index in [0.717, 1.165) is 23.5 Å². The average molecular weight is 157 g/mol. The van der Waals surface area contributed by atoms with Crippen molar-refractivity contribution in [3.8, 4) is 0 Å². The predicted molar refractivity (Wildman–Crippen MR) is 44.9 cm³/mol. The zero-order valence-corrected chi connectivity index (χ0v) is 6.74. The molecule has 0 atom stereocenters. The van der Waals surface area contributed by atoms with Crippen molar-refractivity contribution in [1.29, 1.82) is 0 Å². The average Bonchev–Trinajstić information content (AvgIpc) is 2.13. The lowest BCUT2D eigenvalue weighted by molar-refractivity contribution is 0.896. The van der Waals surface area contributed by atoms with E-state index in [1.807, 2.05) is 0 Å². The minimum absolute atomic E-state index is 0.570. The molecule has 0 aliphatic heterocycles. The summed E-state index contributed by atoms with van der Waals surface area (Å²) in [6, 6.07) is 0. The molecule has 10 heavy (non-hydrogen) atoms. The molecule has 0 radical (unpaired) electrons. The molecule has 0 saturated heterocycles. The molecule has 1 heterocycles. The molecule has 0 aliphatic rings. The summed E-state index contributed by atoms with van der Waals surface area (Å²) in [6.07, 6.45) is 1.99. The van der Waals surface area contributed by atoms with Crippen LogP contribution in [0.25, 0.3) is 0 Å². The third-order valence-corrected chi connectivity index (χ3v) is 1.99. The van der Waals surface area contributed by atoms with Crippen LogP contribution in [-0.2, 0) is 6.42 Å². The Morgan fingerprint density at radius 3 is 2.60 bits per heavy atom. The van der Waals surface area contributed by atoms with Gasteiger partial charge in [0, 0.05) is 0 Å². The quantitative estimate of drug-likeness (QED) is 0.679. The van der Waals surface area contributed by atoms with E-state index in [4.69, 9.17) is 11.5 Å². The van der Waals surface area contributed by atoms with Gasteiger partial charge in [-0.05, 0) is 6.42 Å². The van der Waals surface area contributed by atoms with Gasteiger partial charge in [-0.3, -0.25) is 0 Å². The van der Waals surface area contributed by atoms with E-state index in [9.17, 15) is 0 Å². The second-order valence-corrected chi connectivity index (χ2v) is 3.18. The van der Waals surface area contributed by atoms with Crippen LogP contribution in [0.3, 0.4) is 0 Å². The Bertz CT molecular complexity index is 219. The number of anilines is 2. The van der Waals surface area contributed by atoms with Crippen molar-refractivity contribution in [1.82, 2.24) is 4.98 Å². The molecule has 0 spiro atoms. The van der Waals surface area contributed by atoms with E-state index in [0.29, 0.717) is 5.13 Å². The summed E-state index contributed by atoms with van der Waals surface area (Å²) in [4.78, 5) is 4.07. The summed E-state index contributed by atoms with van der Waals surface area (Å²) in [5.41, 5.74) is 12.0. The largest absolute Gasteiger partial charge is 0.389 e. The highest BCUT2D eigenvalue weighted by Crippen LogP contribution is 2.23. The molecular weight excluding hydrogens is 146 g/mol. The van der Waals surface area contributed by atoms with Gasteiger partial charge in [0.25, 0.3) is 0 Å². The van der Waals surface area contributed by atoms with Crippen molar-refractivity contribution in [3.05, 3.63) is 5.69 Å². The maximum Gasteiger partial charge on any atom is 0.182 e. The minimum Gasteiger partial charge on any atom is -0.389 e. The Balaban J connectivity index is 2.81. The van der Waals surface area contributed by atoms with Crippen LogP contribution in [0.15, 0.2) is 0 Å². The highest BCUT2D eigenvalue weighted by Gasteiger charge is 2.03. The lowest BCUT2D eigenvalue weighted by atomic mass is 10.3. The Labute approximate surface area is 64.1 Å². The molecule has 56 valence electrons. The molecule has 4 heteroatoms. The van der Waals surface area contributed by atoms with E-state index in [-0.39, 0.29) is 0 Å². The fourth-order valence-electron chi connectivity index (χ4n) is 0.798. The van der Waals surface area contributed by atoms with Gasteiger partial charge in [-0.1, -0.05) is 24.7 Å². The van der Waals surface area contributed by atoms with Crippen LogP contribution in [0.5, 0.6) is 0 Å². The lowest BCUT2D eigenvalue weighted by Crippen LogP contribution is -1.90. The molecule has 0 amide bonds. The summed E-state index contributed by atoms with van der Waals surface area (Å²) in [5, 5.41) is 1.33. The summed E-state index contributed by atoms with van der Waals surface area (Å²) in [6.45, 7) is 2.09. The van der Waals surface area contributed by atoms with Gasteiger partial charge >= 0.3 is 0 Å². The van der Waals surface area contributed by atoms with E-state index in [1.165, 1.54) is 11.3 Å². The molecule has 3 nitrogen and oxygen atoms in total. The molecule has 4 N–H and O–H groups in total. The first-order valence-corrected chi connectivity index (χ1v) is 4.06. The zero-order valence-electron chi connectivity index (χ0n) is 5.92. The van der Waals surface area contributed by atoms with Gasteiger partial charge in [-0.2, -0.15) is 0 Å². The molecule has 0 saturated carbocycles. The molecule has 0 fully saturated rings. The Morgan fingerprint density at radius 1 is 1.50 bits per heavy atom. The highest BCUT2D eigenvalue weighted by atomic mass is 32.1. The summed E-state index contributed by atoms with van der Waals surface area (Å²) >= 11 is 1.35. The molecule has 0 unspecified atom stereocenters. The summed E-state index contributed by atoms with van der Waals surface area (Å²) < 4.78 is 0. The van der Waals surface area contributed by atoms with Gasteiger partial charge < -0.3 is 11.5 Å². The topological polar surface area (TPSA) is 64.9 Å². The zero-order chi connectivity index (χ0) is 7.56. The summed E-state index contributed by atoms with van der Waals surface area (Å²) in [5.74, 6) is 0. The first kappa shape index (κ1) is 7.34. The Hall–Kier alpha value is -0.770. The SMILES string of the molecule is CCCc1nc(N)sc1N. The monoisotopic (exact) mass is 157 g/mol. The van der Waals surface area contributed by atoms with Crippen LogP contribution in [0, 0.1) is 0 Å². The fourth-order valence-corrected chi connectivity index (χ4v) is 1.45. The van der Waals surface area contributed by atoms with Crippen molar-refractivity contribution < 1.29 is 0 Å². The maximum atomic E-state index is 5.60. The number of rotatable bonds is 2. The third kappa shape index (κ3) is 1.39. The van der Waals surface area contributed by atoms with Crippen molar-refractivity contribution in [3.63, 3.8) is 0 Å². The minimum atomic E-state index is 0.570. The number of nitrogen functional groups attached to an aromatic ring is 2. The highest BCUT2D eigenvalue weighted by molar-refractivity contribution is 7.19. The van der Waals surface area contributed by atoms with E-state index in [2.05, 4.69) is 11.9 Å². The standard InChI is InChI=1S/C6H11N3S/c1-2-3-4-5(7)10-6(8)9-4/h2-3,7H2,1H3,(H2,8,9). The van der Waals surface area contributed by atoms with Gasteiger partial charge in [-0.25, -0.2) is 4.98 Å². The Kier molecular flexibility index (Phi) is 2.11. The van der Waals surface area contributed by atoms with Gasteiger partial charge in [0.2, 0.25) is 0 Å². The summed E-state index contributed by atoms with van der Waals surface area (Å²) in [7, 11) is 0. The number of nitrogens with two attached hydrogens (primary N) is 2. The van der Waals surface area contributed by atoms with Gasteiger partial charge in [0.15, 0.2) is 5.13 Å². The molecule has 0 aliphatic carbocycles. The van der Waals surface area contributed by atoms with Gasteiger partial charge in [-0.15, -0.1) is 0 Å². The number of aryl methyl sites for hydroxylation is 1. The maximum absolute atomic E-state index is 5.60. The van der Waals surface area contributed by atoms with Crippen molar-refractivity contribution in [2.45, 2.75) is 19.8 Å². The number of hydrogen-bond acceptors (Lipinski definition) is 4. The van der Waals surface area contributed by atoms with Crippen LogP contribution < -0.4 is 11.5 Å². The van der Waals surface area contributed by atoms with Crippen LogP contribution in [0.2, 0.25) is 0 Å². The van der Waals surface area contributed by atoms with Crippen molar-refractivity contribution in [2.24, 2.45) is 0 Å². The van der Waals surface area contributed by atoms with Crippen LogP contribution in [0.1, 0.15) is 19.0 Å². The molecule has 0 bridgehead atoms. The molecule has 1 aromatic heterocycles. The fraction of sp³-hybridized carbons (Fsp3) is 0.500. The second kappa shape index (κ2) is 2.88. The van der Waals surface area contributed by atoms with Gasteiger partial charge in [0.05, 0.1) is 5.69 Å². The molecule has 1 rings (SSSR count). The van der Waals surface area contributed by atoms with Crippen LogP contribution in [-0.4, -0.2) is 4.98 Å². The molecule has 1 aromatic rings. The first-order valence-electron chi connectivity index (χ1n) is 3.24. The lowest BCUT2D eigenvalue weighted by Gasteiger charge is -1.90. The van der Waals surface area contributed by atoms with Crippen LogP contribution in [0.4, 0.5) is 10.1 Å². The van der Waals surface area contributed by atoms with Crippen molar-refractivity contribution in [2.75, 3.05) is 11.5 Å². The number of nitrogens with zero attached hydrogens (tertiary/aromatic N) is 1. The van der Waals surface area contributed by atoms with Gasteiger partial charge in [0.1, 0.15) is 5.00 Å². The normalized spacial score (nSPS) is 10.1. The van der Waals surface area contributed by atoms with E-state index >= 15 is 0 Å². The Morgan fingerprint density at radius 2 is 2.20 bits per heavy atom. The van der Waals surface area contributed by atoms with E-state index < -0.39 is 0 Å². The third-order valence-electron chi connectivity index (χ3n) is 1.23. The first-order chi connectivity index (χ1) is 4.74.